The molecule has 2 saturated heterocycles. The Bertz CT molecular complexity index is 576. The standard InChI is InChI=1S/C16H25F2NO3S/c17-16(18)6-1-3-12(7-16)10-23(20,21)19-11-15(4-2-5-15)13-8-22-9-14(13)19/h12-14H,1-11H2/t12?,13-,14+/m1/s1. The van der Waals surface area contributed by atoms with Crippen molar-refractivity contribution in [2.45, 2.75) is 56.9 Å². The summed E-state index contributed by atoms with van der Waals surface area (Å²) in [5, 5.41) is 0. The lowest BCUT2D eigenvalue weighted by Gasteiger charge is -2.42. The molecule has 132 valence electrons. The van der Waals surface area contributed by atoms with Crippen LogP contribution in [-0.4, -0.2) is 50.2 Å². The van der Waals surface area contributed by atoms with Gasteiger partial charge < -0.3 is 4.74 Å². The fraction of sp³-hybridized carbons (Fsp3) is 1.00. The third-order valence-corrected chi connectivity index (χ3v) is 8.58. The Labute approximate surface area is 136 Å². The van der Waals surface area contributed by atoms with Crippen LogP contribution in [0.15, 0.2) is 0 Å². The van der Waals surface area contributed by atoms with Gasteiger partial charge in [-0.1, -0.05) is 6.42 Å². The highest BCUT2D eigenvalue weighted by Gasteiger charge is 2.60. The molecular formula is C16H25F2NO3S. The maximum Gasteiger partial charge on any atom is 0.248 e. The summed E-state index contributed by atoms with van der Waals surface area (Å²) in [7, 11) is -3.49. The van der Waals surface area contributed by atoms with Crippen molar-refractivity contribution in [1.82, 2.24) is 4.31 Å². The van der Waals surface area contributed by atoms with Gasteiger partial charge in [-0.3, -0.25) is 0 Å². The van der Waals surface area contributed by atoms with Crippen molar-refractivity contribution >= 4 is 10.0 Å². The first-order valence-corrected chi connectivity index (χ1v) is 10.4. The van der Waals surface area contributed by atoms with Gasteiger partial charge in [0.1, 0.15) is 0 Å². The maximum atomic E-state index is 13.6. The first kappa shape index (κ1) is 16.2. The number of alkyl halides is 2. The molecule has 4 rings (SSSR count). The van der Waals surface area contributed by atoms with Crippen LogP contribution in [0.1, 0.15) is 44.9 Å². The molecule has 2 heterocycles. The zero-order valence-electron chi connectivity index (χ0n) is 13.3. The van der Waals surface area contributed by atoms with Crippen LogP contribution in [0.5, 0.6) is 0 Å². The smallest absolute Gasteiger partial charge is 0.248 e. The Balaban J connectivity index is 1.50. The summed E-state index contributed by atoms with van der Waals surface area (Å²) >= 11 is 0. The van der Waals surface area contributed by atoms with Crippen LogP contribution in [0.4, 0.5) is 8.78 Å². The van der Waals surface area contributed by atoms with Crippen molar-refractivity contribution in [2.75, 3.05) is 25.5 Å². The zero-order chi connectivity index (χ0) is 16.3. The Morgan fingerprint density at radius 3 is 2.57 bits per heavy atom. The fourth-order valence-electron chi connectivity index (χ4n) is 5.23. The average molecular weight is 349 g/mol. The summed E-state index contributed by atoms with van der Waals surface area (Å²) in [4.78, 5) is 0. The normalized spacial score (nSPS) is 39.3. The van der Waals surface area contributed by atoms with Gasteiger partial charge in [-0.25, -0.2) is 17.2 Å². The SMILES string of the molecule is O=S(=O)(CC1CCCC(F)(F)C1)N1CC2(CCC2)[C@@H]2COC[C@@H]21. The van der Waals surface area contributed by atoms with Gasteiger partial charge in [0, 0.05) is 25.3 Å². The van der Waals surface area contributed by atoms with E-state index in [1.807, 2.05) is 0 Å². The Kier molecular flexibility index (Phi) is 3.78. The summed E-state index contributed by atoms with van der Waals surface area (Å²) < 4.78 is 60.2. The number of ether oxygens (including phenoxy) is 1. The van der Waals surface area contributed by atoms with E-state index in [0.29, 0.717) is 38.5 Å². The second-order valence-electron chi connectivity index (χ2n) is 8.07. The second kappa shape index (κ2) is 5.36. The maximum absolute atomic E-state index is 13.6. The number of sulfonamides is 1. The predicted molar refractivity (Wildman–Crippen MR) is 81.8 cm³/mol. The lowest BCUT2D eigenvalue weighted by molar-refractivity contribution is -0.0490. The topological polar surface area (TPSA) is 46.6 Å². The van der Waals surface area contributed by atoms with Crippen LogP contribution >= 0.6 is 0 Å². The van der Waals surface area contributed by atoms with E-state index in [2.05, 4.69) is 0 Å². The molecule has 1 spiro atoms. The van der Waals surface area contributed by atoms with Crippen molar-refractivity contribution < 1.29 is 21.9 Å². The molecule has 4 fully saturated rings. The van der Waals surface area contributed by atoms with Crippen LogP contribution in [0.2, 0.25) is 0 Å². The van der Waals surface area contributed by atoms with Gasteiger partial charge in [-0.15, -0.1) is 0 Å². The summed E-state index contributed by atoms with van der Waals surface area (Å²) in [5.41, 5.74) is 0.102. The zero-order valence-corrected chi connectivity index (χ0v) is 14.2. The minimum atomic E-state index is -3.49. The van der Waals surface area contributed by atoms with Crippen molar-refractivity contribution in [1.29, 1.82) is 0 Å². The molecule has 2 aliphatic carbocycles. The van der Waals surface area contributed by atoms with E-state index in [1.54, 1.807) is 4.31 Å². The first-order valence-electron chi connectivity index (χ1n) is 8.77. The molecule has 7 heteroatoms. The van der Waals surface area contributed by atoms with Crippen LogP contribution in [-0.2, 0) is 14.8 Å². The molecule has 0 radical (unpaired) electrons. The number of hydrogen-bond donors (Lipinski definition) is 0. The van der Waals surface area contributed by atoms with Crippen LogP contribution in [0.25, 0.3) is 0 Å². The summed E-state index contributed by atoms with van der Waals surface area (Å²) in [5.74, 6) is -2.93. The predicted octanol–water partition coefficient (Wildman–Crippen LogP) is 2.64. The molecule has 2 saturated carbocycles. The number of nitrogens with zero attached hydrogens (tertiary/aromatic N) is 1. The van der Waals surface area contributed by atoms with Crippen molar-refractivity contribution in [3.63, 3.8) is 0 Å². The van der Waals surface area contributed by atoms with Gasteiger partial charge in [0.2, 0.25) is 15.9 Å². The number of hydrogen-bond acceptors (Lipinski definition) is 3. The van der Waals surface area contributed by atoms with E-state index in [-0.39, 0.29) is 30.1 Å². The molecule has 4 nitrogen and oxygen atoms in total. The number of halogens is 2. The summed E-state index contributed by atoms with van der Waals surface area (Å²) in [6.45, 7) is 1.70. The minimum absolute atomic E-state index is 0.0654. The molecular weight excluding hydrogens is 324 g/mol. The van der Waals surface area contributed by atoms with E-state index in [1.165, 1.54) is 0 Å². The van der Waals surface area contributed by atoms with Crippen molar-refractivity contribution in [2.24, 2.45) is 17.3 Å². The lowest BCUT2D eigenvalue weighted by Crippen LogP contribution is -2.43. The number of rotatable bonds is 3. The molecule has 1 unspecified atom stereocenters. The van der Waals surface area contributed by atoms with Gasteiger partial charge in [0.05, 0.1) is 25.0 Å². The third-order valence-electron chi connectivity index (χ3n) is 6.57. The first-order chi connectivity index (χ1) is 10.8. The van der Waals surface area contributed by atoms with E-state index in [9.17, 15) is 17.2 Å². The average Bonchev–Trinajstić information content (AvgIpc) is 2.94. The van der Waals surface area contributed by atoms with Crippen molar-refractivity contribution in [3.05, 3.63) is 0 Å². The van der Waals surface area contributed by atoms with Crippen LogP contribution < -0.4 is 0 Å². The van der Waals surface area contributed by atoms with E-state index >= 15 is 0 Å². The molecule has 0 amide bonds. The Hall–Kier alpha value is -0.270. The molecule has 4 aliphatic rings. The highest BCUT2D eigenvalue weighted by atomic mass is 32.2. The van der Waals surface area contributed by atoms with Crippen LogP contribution in [0, 0.1) is 17.3 Å². The molecule has 0 aromatic carbocycles. The monoisotopic (exact) mass is 349 g/mol. The highest BCUT2D eigenvalue weighted by molar-refractivity contribution is 7.89. The molecule has 2 aliphatic heterocycles. The van der Waals surface area contributed by atoms with Gasteiger partial charge in [-0.2, -0.15) is 4.31 Å². The summed E-state index contributed by atoms with van der Waals surface area (Å²) in [6, 6.07) is -0.0654. The van der Waals surface area contributed by atoms with Gasteiger partial charge >= 0.3 is 0 Å². The Morgan fingerprint density at radius 1 is 1.13 bits per heavy atom. The molecule has 0 aromatic heterocycles. The number of fused-ring (bicyclic) bond motifs is 2. The quantitative estimate of drug-likeness (QED) is 0.787. The Morgan fingerprint density at radius 2 is 1.91 bits per heavy atom. The summed E-state index contributed by atoms with van der Waals surface area (Å²) in [6.07, 6.45) is 3.94. The highest BCUT2D eigenvalue weighted by Crippen LogP contribution is 2.56. The van der Waals surface area contributed by atoms with Gasteiger partial charge in [0.25, 0.3) is 0 Å². The molecule has 0 bridgehead atoms. The molecule has 3 atom stereocenters. The third kappa shape index (κ3) is 2.72. The van der Waals surface area contributed by atoms with Gasteiger partial charge in [0.15, 0.2) is 0 Å². The lowest BCUT2D eigenvalue weighted by atomic mass is 9.62. The molecule has 23 heavy (non-hydrogen) atoms. The van der Waals surface area contributed by atoms with E-state index in [4.69, 9.17) is 4.74 Å². The largest absolute Gasteiger partial charge is 0.379 e. The minimum Gasteiger partial charge on any atom is -0.379 e. The van der Waals surface area contributed by atoms with Gasteiger partial charge in [-0.05, 0) is 37.0 Å². The molecule has 0 aromatic rings. The fourth-order valence-corrected chi connectivity index (χ4v) is 7.38. The van der Waals surface area contributed by atoms with E-state index in [0.717, 1.165) is 19.3 Å². The molecule has 0 N–H and O–H groups in total. The van der Waals surface area contributed by atoms with E-state index < -0.39 is 21.9 Å². The van der Waals surface area contributed by atoms with Crippen molar-refractivity contribution in [3.8, 4) is 0 Å². The second-order valence-corrected chi connectivity index (χ2v) is 10.0. The van der Waals surface area contributed by atoms with Crippen LogP contribution in [0.3, 0.4) is 0 Å².